The van der Waals surface area contributed by atoms with Crippen LogP contribution in [0.5, 0.6) is 5.75 Å². The van der Waals surface area contributed by atoms with Gasteiger partial charge in [0.2, 0.25) is 0 Å². The number of hydrogen-bond donors (Lipinski definition) is 1. The minimum atomic E-state index is -0.937. The molecule has 4 rings (SSSR count). The van der Waals surface area contributed by atoms with Crippen molar-refractivity contribution < 1.29 is 14.6 Å². The van der Waals surface area contributed by atoms with Crippen LogP contribution in [0, 0.1) is 0 Å². The Bertz CT molecular complexity index is 944. The third-order valence-electron chi connectivity index (χ3n) is 4.44. The summed E-state index contributed by atoms with van der Waals surface area (Å²) in [4.78, 5) is 11.2. The lowest BCUT2D eigenvalue weighted by molar-refractivity contribution is 0.0697. The summed E-state index contributed by atoms with van der Waals surface area (Å²) < 4.78 is 7.17. The third-order valence-corrected chi connectivity index (χ3v) is 4.44. The molecule has 0 saturated carbocycles. The van der Waals surface area contributed by atoms with Crippen molar-refractivity contribution in [2.45, 2.75) is 12.8 Å². The van der Waals surface area contributed by atoms with Gasteiger partial charge in [0.1, 0.15) is 5.75 Å². The highest BCUT2D eigenvalue weighted by molar-refractivity contribution is 5.88. The minimum absolute atomic E-state index is 0.259. The molecule has 0 unspecified atom stereocenters. The van der Waals surface area contributed by atoms with Gasteiger partial charge in [-0.2, -0.15) is 5.10 Å². The summed E-state index contributed by atoms with van der Waals surface area (Å²) in [5, 5.41) is 13.7. The number of methoxy groups -OCH3 is 1. The number of carboxylic acid groups (broad SMARTS) is 1. The molecule has 0 radical (unpaired) electrons. The van der Waals surface area contributed by atoms with Gasteiger partial charge in [0, 0.05) is 5.56 Å². The summed E-state index contributed by atoms with van der Waals surface area (Å²) in [6.07, 6.45) is 3.64. The monoisotopic (exact) mass is 320 g/mol. The molecule has 3 aromatic rings. The summed E-state index contributed by atoms with van der Waals surface area (Å²) in [6.45, 7) is 0. The molecule has 0 bridgehead atoms. The van der Waals surface area contributed by atoms with Gasteiger partial charge in [0.05, 0.1) is 30.3 Å². The first-order chi connectivity index (χ1) is 11.7. The molecule has 1 N–H and O–H groups in total. The molecule has 0 atom stereocenters. The Morgan fingerprint density at radius 3 is 2.83 bits per heavy atom. The van der Waals surface area contributed by atoms with Crippen LogP contribution >= 0.6 is 0 Å². The van der Waals surface area contributed by atoms with Gasteiger partial charge < -0.3 is 9.84 Å². The number of ether oxygens (including phenoxy) is 1. The molecule has 0 amide bonds. The van der Waals surface area contributed by atoms with Crippen LogP contribution in [-0.4, -0.2) is 28.0 Å². The Kier molecular flexibility index (Phi) is 3.34. The van der Waals surface area contributed by atoms with Crippen molar-refractivity contribution in [1.29, 1.82) is 0 Å². The fourth-order valence-electron chi connectivity index (χ4n) is 3.24. The maximum atomic E-state index is 11.2. The lowest BCUT2D eigenvalue weighted by atomic mass is 9.89. The fourth-order valence-corrected chi connectivity index (χ4v) is 3.24. The number of hydrogen-bond acceptors (Lipinski definition) is 3. The van der Waals surface area contributed by atoms with Crippen LogP contribution in [0.3, 0.4) is 0 Å². The van der Waals surface area contributed by atoms with Gasteiger partial charge in [0.15, 0.2) is 0 Å². The van der Waals surface area contributed by atoms with Crippen molar-refractivity contribution in [3.05, 3.63) is 65.5 Å². The second kappa shape index (κ2) is 5.53. The lowest BCUT2D eigenvalue weighted by Gasteiger charge is -2.18. The highest BCUT2D eigenvalue weighted by atomic mass is 16.5. The van der Waals surface area contributed by atoms with Crippen LogP contribution in [0.25, 0.3) is 16.8 Å². The van der Waals surface area contributed by atoms with E-state index in [0.29, 0.717) is 0 Å². The second-order valence-corrected chi connectivity index (χ2v) is 5.80. The molecule has 5 nitrogen and oxygen atoms in total. The van der Waals surface area contributed by atoms with Crippen LogP contribution in [0.4, 0.5) is 0 Å². The molecule has 0 spiro atoms. The number of aromatic nitrogens is 2. The van der Waals surface area contributed by atoms with E-state index in [1.54, 1.807) is 25.3 Å². The van der Waals surface area contributed by atoms with Crippen LogP contribution in [-0.2, 0) is 12.8 Å². The molecule has 1 aliphatic carbocycles. The number of rotatable bonds is 3. The molecule has 1 heterocycles. The van der Waals surface area contributed by atoms with Crippen molar-refractivity contribution in [2.24, 2.45) is 0 Å². The second-order valence-electron chi connectivity index (χ2n) is 5.80. The third kappa shape index (κ3) is 2.25. The van der Waals surface area contributed by atoms with Crippen LogP contribution in [0.15, 0.2) is 48.7 Å². The smallest absolute Gasteiger partial charge is 0.335 e. The highest BCUT2D eigenvalue weighted by Crippen LogP contribution is 2.36. The van der Waals surface area contributed by atoms with E-state index in [-0.39, 0.29) is 5.56 Å². The first-order valence-electron chi connectivity index (χ1n) is 7.75. The number of benzene rings is 2. The molecule has 5 heteroatoms. The number of aromatic carboxylic acids is 1. The standard InChI is InChI=1S/C19H16N2O3/c1-24-15-7-5-12-6-8-18-17(16(12)10-15)11-20-21(18)14-4-2-3-13(9-14)19(22)23/h2-5,7,9-11H,6,8H2,1H3,(H,22,23). The first-order valence-corrected chi connectivity index (χ1v) is 7.75. The summed E-state index contributed by atoms with van der Waals surface area (Å²) in [5.74, 6) is -0.116. The van der Waals surface area contributed by atoms with E-state index < -0.39 is 5.97 Å². The van der Waals surface area contributed by atoms with Gasteiger partial charge in [-0.15, -0.1) is 0 Å². The van der Waals surface area contributed by atoms with E-state index in [4.69, 9.17) is 4.74 Å². The average molecular weight is 320 g/mol. The predicted molar refractivity (Wildman–Crippen MR) is 89.9 cm³/mol. The zero-order chi connectivity index (χ0) is 16.7. The maximum Gasteiger partial charge on any atom is 0.335 e. The zero-order valence-electron chi connectivity index (χ0n) is 13.2. The SMILES string of the molecule is COc1ccc2c(c1)-c1cnn(-c3cccc(C(=O)O)c3)c1CC2. The topological polar surface area (TPSA) is 64.4 Å². The van der Waals surface area contributed by atoms with Crippen LogP contribution < -0.4 is 4.74 Å². The van der Waals surface area contributed by atoms with E-state index >= 15 is 0 Å². The first kappa shape index (κ1) is 14.5. The van der Waals surface area contributed by atoms with E-state index in [1.807, 2.05) is 29.1 Å². The van der Waals surface area contributed by atoms with E-state index in [0.717, 1.165) is 41.1 Å². The Morgan fingerprint density at radius 1 is 1.17 bits per heavy atom. The van der Waals surface area contributed by atoms with Gasteiger partial charge in [-0.3, -0.25) is 0 Å². The van der Waals surface area contributed by atoms with Crippen molar-refractivity contribution in [1.82, 2.24) is 9.78 Å². The molecule has 1 aromatic heterocycles. The lowest BCUT2D eigenvalue weighted by Crippen LogP contribution is -2.09. The normalized spacial score (nSPS) is 12.4. The van der Waals surface area contributed by atoms with Crippen molar-refractivity contribution in [3.8, 4) is 22.6 Å². The predicted octanol–water partition coefficient (Wildman–Crippen LogP) is 3.34. The summed E-state index contributed by atoms with van der Waals surface area (Å²) >= 11 is 0. The molecule has 2 aromatic carbocycles. The number of nitrogens with zero attached hydrogens (tertiary/aromatic N) is 2. The van der Waals surface area contributed by atoms with E-state index in [1.165, 1.54) is 5.56 Å². The van der Waals surface area contributed by atoms with Gasteiger partial charge >= 0.3 is 5.97 Å². The van der Waals surface area contributed by atoms with Crippen LogP contribution in [0.2, 0.25) is 0 Å². The number of carboxylic acids is 1. The van der Waals surface area contributed by atoms with Crippen LogP contribution in [0.1, 0.15) is 21.6 Å². The number of fused-ring (bicyclic) bond motifs is 3. The van der Waals surface area contributed by atoms with Gasteiger partial charge in [-0.1, -0.05) is 12.1 Å². The Balaban J connectivity index is 1.84. The molecule has 0 fully saturated rings. The zero-order valence-corrected chi connectivity index (χ0v) is 13.2. The molecular formula is C19H16N2O3. The molecule has 0 aliphatic heterocycles. The summed E-state index contributed by atoms with van der Waals surface area (Å²) in [5.41, 5.74) is 5.62. The summed E-state index contributed by atoms with van der Waals surface area (Å²) in [7, 11) is 1.66. The average Bonchev–Trinajstić information content (AvgIpc) is 3.06. The highest BCUT2D eigenvalue weighted by Gasteiger charge is 2.22. The Hall–Kier alpha value is -3.08. The molecular weight excluding hydrogens is 304 g/mol. The van der Waals surface area contributed by atoms with E-state index in [2.05, 4.69) is 11.2 Å². The van der Waals surface area contributed by atoms with Gasteiger partial charge in [-0.05, 0) is 54.3 Å². The molecule has 0 saturated heterocycles. The molecule has 120 valence electrons. The summed E-state index contributed by atoms with van der Waals surface area (Å²) in [6, 6.07) is 13.0. The molecule has 24 heavy (non-hydrogen) atoms. The van der Waals surface area contributed by atoms with Gasteiger partial charge in [-0.25, -0.2) is 9.48 Å². The fraction of sp³-hybridized carbons (Fsp3) is 0.158. The Morgan fingerprint density at radius 2 is 2.04 bits per heavy atom. The van der Waals surface area contributed by atoms with E-state index in [9.17, 15) is 9.90 Å². The van der Waals surface area contributed by atoms with Crippen molar-refractivity contribution >= 4 is 5.97 Å². The quantitative estimate of drug-likeness (QED) is 0.804. The number of aryl methyl sites for hydroxylation is 1. The Labute approximate surface area is 139 Å². The van der Waals surface area contributed by atoms with Crippen molar-refractivity contribution in [2.75, 3.05) is 7.11 Å². The minimum Gasteiger partial charge on any atom is -0.497 e. The largest absolute Gasteiger partial charge is 0.497 e. The maximum absolute atomic E-state index is 11.2. The molecule has 1 aliphatic rings. The van der Waals surface area contributed by atoms with Gasteiger partial charge in [0.25, 0.3) is 0 Å². The number of carbonyl (C=O) groups is 1. The van der Waals surface area contributed by atoms with Crippen molar-refractivity contribution in [3.63, 3.8) is 0 Å².